The first-order valence-electron chi connectivity index (χ1n) is 5.28. The Morgan fingerprint density at radius 2 is 2.43 bits per heavy atom. The normalized spacial score (nSPS) is 23.4. The van der Waals surface area contributed by atoms with Crippen molar-refractivity contribution in [3.63, 3.8) is 0 Å². The summed E-state index contributed by atoms with van der Waals surface area (Å²) in [7, 11) is 2.11. The van der Waals surface area contributed by atoms with Crippen molar-refractivity contribution in [2.75, 3.05) is 33.3 Å². The topological polar surface area (TPSA) is 52.6 Å². The fraction of sp³-hybridized carbons (Fsp3) is 0.900. The van der Waals surface area contributed by atoms with E-state index in [0.717, 1.165) is 13.1 Å². The van der Waals surface area contributed by atoms with Gasteiger partial charge in [-0.1, -0.05) is 0 Å². The molecule has 2 N–H and O–H groups in total. The van der Waals surface area contributed by atoms with Gasteiger partial charge < -0.3 is 15.3 Å². The predicted octanol–water partition coefficient (Wildman–Crippen LogP) is -0.173. The highest BCUT2D eigenvalue weighted by Gasteiger charge is 2.17. The minimum absolute atomic E-state index is 0.0410. The molecule has 1 unspecified atom stereocenters. The molecule has 0 aliphatic carbocycles. The Kier molecular flexibility index (Phi) is 4.90. The maximum absolute atomic E-state index is 11.1. The number of hydrogen-bond donors (Lipinski definition) is 2. The number of aliphatic hydroxyl groups excluding tert-OH is 1. The summed E-state index contributed by atoms with van der Waals surface area (Å²) in [6.45, 7) is 2.93. The Balaban J connectivity index is 2.14. The molecule has 82 valence electrons. The van der Waals surface area contributed by atoms with Gasteiger partial charge in [0, 0.05) is 19.5 Å². The van der Waals surface area contributed by atoms with Gasteiger partial charge in [-0.2, -0.15) is 0 Å². The Morgan fingerprint density at radius 3 is 3.07 bits per heavy atom. The van der Waals surface area contributed by atoms with Crippen LogP contribution in [0.2, 0.25) is 0 Å². The van der Waals surface area contributed by atoms with E-state index in [9.17, 15) is 4.79 Å². The van der Waals surface area contributed by atoms with Crippen LogP contribution < -0.4 is 5.32 Å². The summed E-state index contributed by atoms with van der Waals surface area (Å²) in [4.78, 5) is 13.4. The second-order valence-corrected chi connectivity index (χ2v) is 4.05. The molecule has 0 aromatic rings. The Labute approximate surface area is 85.3 Å². The van der Waals surface area contributed by atoms with E-state index < -0.39 is 0 Å². The molecule has 0 aromatic heterocycles. The van der Waals surface area contributed by atoms with Gasteiger partial charge in [0.05, 0.1) is 6.61 Å². The summed E-state index contributed by atoms with van der Waals surface area (Å²) in [6, 6.07) is 0. The number of piperidine rings is 1. The standard InChI is InChI=1S/C10H20N2O2/c1-12-5-2-3-9(8-12)7-11-10(14)4-6-13/h9,13H,2-8H2,1H3,(H,11,14). The molecule has 1 amide bonds. The van der Waals surface area contributed by atoms with Gasteiger partial charge in [0.25, 0.3) is 0 Å². The van der Waals surface area contributed by atoms with Crippen LogP contribution >= 0.6 is 0 Å². The van der Waals surface area contributed by atoms with E-state index in [0.29, 0.717) is 5.92 Å². The average molecular weight is 200 g/mol. The highest BCUT2D eigenvalue weighted by molar-refractivity contribution is 5.75. The van der Waals surface area contributed by atoms with E-state index in [1.54, 1.807) is 0 Å². The highest BCUT2D eigenvalue weighted by Crippen LogP contribution is 2.13. The van der Waals surface area contributed by atoms with Crippen LogP contribution in [0.1, 0.15) is 19.3 Å². The first kappa shape index (κ1) is 11.5. The van der Waals surface area contributed by atoms with Crippen molar-refractivity contribution >= 4 is 5.91 Å². The van der Waals surface area contributed by atoms with E-state index in [-0.39, 0.29) is 18.9 Å². The third kappa shape index (κ3) is 4.07. The first-order chi connectivity index (χ1) is 6.72. The van der Waals surface area contributed by atoms with Crippen LogP contribution in [0.5, 0.6) is 0 Å². The van der Waals surface area contributed by atoms with Crippen LogP contribution in [0.3, 0.4) is 0 Å². The van der Waals surface area contributed by atoms with Crippen LogP contribution in [0.15, 0.2) is 0 Å². The number of nitrogens with one attached hydrogen (secondary N) is 1. The summed E-state index contributed by atoms with van der Waals surface area (Å²) in [5, 5.41) is 11.4. The van der Waals surface area contributed by atoms with Crippen LogP contribution in [0.4, 0.5) is 0 Å². The minimum Gasteiger partial charge on any atom is -0.396 e. The molecule has 1 rings (SSSR count). The molecule has 0 radical (unpaired) electrons. The van der Waals surface area contributed by atoms with E-state index in [1.165, 1.54) is 19.4 Å². The average Bonchev–Trinajstić information content (AvgIpc) is 2.15. The molecule has 4 heteroatoms. The van der Waals surface area contributed by atoms with E-state index >= 15 is 0 Å². The lowest BCUT2D eigenvalue weighted by atomic mass is 9.98. The zero-order valence-electron chi connectivity index (χ0n) is 8.83. The van der Waals surface area contributed by atoms with Gasteiger partial charge in [0.2, 0.25) is 5.91 Å². The zero-order valence-corrected chi connectivity index (χ0v) is 8.83. The molecule has 0 aromatic carbocycles. The summed E-state index contributed by atoms with van der Waals surface area (Å²) in [6.07, 6.45) is 2.64. The lowest BCUT2D eigenvalue weighted by Gasteiger charge is -2.29. The third-order valence-corrected chi connectivity index (χ3v) is 2.65. The van der Waals surface area contributed by atoms with Crippen molar-refractivity contribution in [3.05, 3.63) is 0 Å². The summed E-state index contributed by atoms with van der Waals surface area (Å²) >= 11 is 0. The Hall–Kier alpha value is -0.610. The second-order valence-electron chi connectivity index (χ2n) is 4.05. The molecule has 1 aliphatic rings. The van der Waals surface area contributed by atoms with E-state index in [2.05, 4.69) is 17.3 Å². The van der Waals surface area contributed by atoms with Gasteiger partial charge in [-0.05, 0) is 32.4 Å². The van der Waals surface area contributed by atoms with Crippen molar-refractivity contribution in [2.24, 2.45) is 5.92 Å². The Bertz CT molecular complexity index is 185. The lowest BCUT2D eigenvalue weighted by molar-refractivity contribution is -0.121. The van der Waals surface area contributed by atoms with Crippen LogP contribution in [-0.4, -0.2) is 49.2 Å². The maximum Gasteiger partial charge on any atom is 0.222 e. The third-order valence-electron chi connectivity index (χ3n) is 2.65. The predicted molar refractivity (Wildman–Crippen MR) is 54.9 cm³/mol. The number of carbonyl (C=O) groups excluding carboxylic acids is 1. The summed E-state index contributed by atoms with van der Waals surface area (Å²) in [5.74, 6) is 0.539. The summed E-state index contributed by atoms with van der Waals surface area (Å²) in [5.41, 5.74) is 0. The van der Waals surface area contributed by atoms with Gasteiger partial charge in [-0.25, -0.2) is 0 Å². The molecule has 1 aliphatic heterocycles. The number of carbonyl (C=O) groups is 1. The smallest absolute Gasteiger partial charge is 0.222 e. The van der Waals surface area contributed by atoms with Gasteiger partial charge >= 0.3 is 0 Å². The second kappa shape index (κ2) is 5.98. The largest absolute Gasteiger partial charge is 0.396 e. The first-order valence-corrected chi connectivity index (χ1v) is 5.28. The number of hydrogen-bond acceptors (Lipinski definition) is 3. The number of aliphatic hydroxyl groups is 1. The van der Waals surface area contributed by atoms with Gasteiger partial charge in [0.15, 0.2) is 0 Å². The van der Waals surface area contributed by atoms with Crippen molar-refractivity contribution in [1.82, 2.24) is 10.2 Å². The molecular formula is C10H20N2O2. The van der Waals surface area contributed by atoms with Crippen LogP contribution in [-0.2, 0) is 4.79 Å². The highest BCUT2D eigenvalue weighted by atomic mass is 16.3. The number of nitrogens with zero attached hydrogens (tertiary/aromatic N) is 1. The van der Waals surface area contributed by atoms with Crippen LogP contribution in [0, 0.1) is 5.92 Å². The number of rotatable bonds is 4. The number of likely N-dealkylation sites (tertiary alicyclic amines) is 1. The zero-order chi connectivity index (χ0) is 10.4. The molecule has 0 saturated carbocycles. The fourth-order valence-electron chi connectivity index (χ4n) is 1.89. The van der Waals surface area contributed by atoms with Crippen molar-refractivity contribution in [2.45, 2.75) is 19.3 Å². The van der Waals surface area contributed by atoms with E-state index in [1.807, 2.05) is 0 Å². The molecule has 1 fully saturated rings. The minimum atomic E-state index is -0.0591. The molecule has 1 saturated heterocycles. The van der Waals surface area contributed by atoms with Crippen LogP contribution in [0.25, 0.3) is 0 Å². The molecule has 0 spiro atoms. The fourth-order valence-corrected chi connectivity index (χ4v) is 1.89. The van der Waals surface area contributed by atoms with Gasteiger partial charge in [-0.15, -0.1) is 0 Å². The molecule has 1 atom stereocenters. The van der Waals surface area contributed by atoms with Crippen molar-refractivity contribution in [3.8, 4) is 0 Å². The molecule has 4 nitrogen and oxygen atoms in total. The lowest BCUT2D eigenvalue weighted by Crippen LogP contribution is -2.39. The SMILES string of the molecule is CN1CCCC(CNC(=O)CCO)C1. The quantitative estimate of drug-likeness (QED) is 0.662. The van der Waals surface area contributed by atoms with Crippen molar-refractivity contribution < 1.29 is 9.90 Å². The number of amides is 1. The molecule has 0 bridgehead atoms. The maximum atomic E-state index is 11.1. The monoisotopic (exact) mass is 200 g/mol. The molecule has 14 heavy (non-hydrogen) atoms. The van der Waals surface area contributed by atoms with Crippen molar-refractivity contribution in [1.29, 1.82) is 0 Å². The molecular weight excluding hydrogens is 180 g/mol. The van der Waals surface area contributed by atoms with Gasteiger partial charge in [-0.3, -0.25) is 4.79 Å². The Morgan fingerprint density at radius 1 is 1.64 bits per heavy atom. The molecule has 1 heterocycles. The summed E-state index contributed by atoms with van der Waals surface area (Å²) < 4.78 is 0. The van der Waals surface area contributed by atoms with Gasteiger partial charge in [0.1, 0.15) is 0 Å². The van der Waals surface area contributed by atoms with E-state index in [4.69, 9.17) is 5.11 Å².